The number of halogens is 1. The van der Waals surface area contributed by atoms with Crippen molar-refractivity contribution in [2.45, 2.75) is 13.8 Å². The predicted octanol–water partition coefficient (Wildman–Crippen LogP) is 2.39. The molecule has 0 aromatic rings. The van der Waals surface area contributed by atoms with Crippen LogP contribution in [0.2, 0.25) is 0 Å². The second-order valence-electron chi connectivity index (χ2n) is 2.77. The van der Waals surface area contributed by atoms with E-state index in [-0.39, 0.29) is 0 Å². The van der Waals surface area contributed by atoms with Gasteiger partial charge in [0.25, 0.3) is 0 Å². The topological polar surface area (TPSA) is 24.4 Å². The SMILES string of the molecule is C=C1C=C(Br)N=C(C(C)C)N1. The molecule has 0 spiro atoms. The second kappa shape index (κ2) is 3.22. The average Bonchev–Trinajstić information content (AvgIpc) is 1.85. The minimum Gasteiger partial charge on any atom is -0.344 e. The van der Waals surface area contributed by atoms with E-state index >= 15 is 0 Å². The Bertz CT molecular complexity index is 238. The number of nitrogens with one attached hydrogen (secondary N) is 1. The molecule has 1 aliphatic heterocycles. The number of hydrogen-bond acceptors (Lipinski definition) is 2. The van der Waals surface area contributed by atoms with Crippen LogP contribution in [0.15, 0.2) is 28.0 Å². The van der Waals surface area contributed by atoms with Crippen molar-refractivity contribution in [1.29, 1.82) is 0 Å². The van der Waals surface area contributed by atoms with E-state index in [2.05, 4.69) is 46.7 Å². The van der Waals surface area contributed by atoms with Gasteiger partial charge in [0, 0.05) is 11.6 Å². The number of amidine groups is 1. The lowest BCUT2D eigenvalue weighted by atomic mass is 10.2. The molecule has 2 nitrogen and oxygen atoms in total. The van der Waals surface area contributed by atoms with Crippen molar-refractivity contribution in [3.63, 3.8) is 0 Å². The molecule has 0 aliphatic carbocycles. The van der Waals surface area contributed by atoms with Gasteiger partial charge in [-0.05, 0) is 22.0 Å². The summed E-state index contributed by atoms with van der Waals surface area (Å²) in [5.41, 5.74) is 0.885. The molecule has 0 bridgehead atoms. The Morgan fingerprint density at radius 3 is 2.73 bits per heavy atom. The quantitative estimate of drug-likeness (QED) is 0.667. The Balaban J connectivity index is 2.84. The monoisotopic (exact) mass is 214 g/mol. The van der Waals surface area contributed by atoms with Crippen molar-refractivity contribution in [2.24, 2.45) is 10.9 Å². The molecule has 60 valence electrons. The first kappa shape index (κ1) is 8.53. The van der Waals surface area contributed by atoms with Crippen LogP contribution in [0.4, 0.5) is 0 Å². The lowest BCUT2D eigenvalue weighted by Crippen LogP contribution is -2.28. The van der Waals surface area contributed by atoms with Crippen LogP contribution in [0.1, 0.15) is 13.8 Å². The molecule has 1 aliphatic rings. The van der Waals surface area contributed by atoms with Gasteiger partial charge >= 0.3 is 0 Å². The van der Waals surface area contributed by atoms with Crippen LogP contribution in [-0.2, 0) is 0 Å². The van der Waals surface area contributed by atoms with E-state index in [4.69, 9.17) is 0 Å². The summed E-state index contributed by atoms with van der Waals surface area (Å²) < 4.78 is 0.838. The zero-order valence-electron chi connectivity index (χ0n) is 6.69. The number of aliphatic imine (C=N–C) groups is 1. The molecule has 1 N–H and O–H groups in total. The van der Waals surface area contributed by atoms with Gasteiger partial charge in [0.05, 0.1) is 0 Å². The van der Waals surface area contributed by atoms with E-state index in [0.29, 0.717) is 5.92 Å². The molecule has 0 unspecified atom stereocenters. The summed E-state index contributed by atoms with van der Waals surface area (Å²) in [5, 5.41) is 3.10. The molecule has 0 aromatic heterocycles. The highest BCUT2D eigenvalue weighted by molar-refractivity contribution is 9.11. The predicted molar refractivity (Wildman–Crippen MR) is 51.6 cm³/mol. The van der Waals surface area contributed by atoms with Crippen LogP contribution >= 0.6 is 15.9 Å². The minimum atomic E-state index is 0.410. The summed E-state index contributed by atoms with van der Waals surface area (Å²) in [6.45, 7) is 7.97. The maximum Gasteiger partial charge on any atom is 0.110 e. The first-order chi connectivity index (χ1) is 5.09. The van der Waals surface area contributed by atoms with Gasteiger partial charge < -0.3 is 5.32 Å². The van der Waals surface area contributed by atoms with Crippen molar-refractivity contribution < 1.29 is 0 Å². The van der Waals surface area contributed by atoms with Gasteiger partial charge in [-0.15, -0.1) is 0 Å². The fraction of sp³-hybridized carbons (Fsp3) is 0.375. The van der Waals surface area contributed by atoms with Crippen LogP contribution in [0.3, 0.4) is 0 Å². The molecule has 0 saturated carbocycles. The van der Waals surface area contributed by atoms with Crippen molar-refractivity contribution in [1.82, 2.24) is 5.32 Å². The third-order valence-electron chi connectivity index (χ3n) is 1.36. The van der Waals surface area contributed by atoms with Crippen molar-refractivity contribution in [2.75, 3.05) is 0 Å². The first-order valence-electron chi connectivity index (χ1n) is 3.51. The lowest BCUT2D eigenvalue weighted by molar-refractivity contribution is 0.835. The second-order valence-corrected chi connectivity index (χ2v) is 3.58. The van der Waals surface area contributed by atoms with Gasteiger partial charge in [0.1, 0.15) is 10.4 Å². The van der Waals surface area contributed by atoms with E-state index in [0.717, 1.165) is 16.1 Å². The highest BCUT2D eigenvalue weighted by Crippen LogP contribution is 2.15. The van der Waals surface area contributed by atoms with Crippen LogP contribution < -0.4 is 5.32 Å². The molecular weight excluding hydrogens is 204 g/mol. The largest absolute Gasteiger partial charge is 0.344 e. The maximum atomic E-state index is 4.25. The van der Waals surface area contributed by atoms with Gasteiger partial charge in [-0.2, -0.15) is 0 Å². The van der Waals surface area contributed by atoms with Gasteiger partial charge in [0.2, 0.25) is 0 Å². The molecule has 1 rings (SSSR count). The Labute approximate surface area is 75.2 Å². The molecule has 0 radical (unpaired) electrons. The first-order valence-corrected chi connectivity index (χ1v) is 4.30. The van der Waals surface area contributed by atoms with Crippen molar-refractivity contribution >= 4 is 21.8 Å². The molecule has 3 heteroatoms. The smallest absolute Gasteiger partial charge is 0.110 e. The van der Waals surface area contributed by atoms with Gasteiger partial charge in [-0.3, -0.25) is 0 Å². The molecule has 0 fully saturated rings. The molecule has 0 amide bonds. The Morgan fingerprint density at radius 2 is 2.27 bits per heavy atom. The number of nitrogens with zero attached hydrogens (tertiary/aromatic N) is 1. The zero-order chi connectivity index (χ0) is 8.43. The van der Waals surface area contributed by atoms with E-state index in [9.17, 15) is 0 Å². The Morgan fingerprint density at radius 1 is 1.64 bits per heavy atom. The maximum absolute atomic E-state index is 4.25. The fourth-order valence-corrected chi connectivity index (χ4v) is 1.26. The van der Waals surface area contributed by atoms with Gasteiger partial charge in [-0.1, -0.05) is 20.4 Å². The summed E-state index contributed by atoms with van der Waals surface area (Å²) in [7, 11) is 0. The van der Waals surface area contributed by atoms with Crippen LogP contribution in [0.25, 0.3) is 0 Å². The van der Waals surface area contributed by atoms with Crippen molar-refractivity contribution in [3.8, 4) is 0 Å². The third-order valence-corrected chi connectivity index (χ3v) is 1.76. The zero-order valence-corrected chi connectivity index (χ0v) is 8.27. The fourth-order valence-electron chi connectivity index (χ4n) is 0.793. The molecule has 11 heavy (non-hydrogen) atoms. The van der Waals surface area contributed by atoms with Crippen LogP contribution in [0.5, 0.6) is 0 Å². The van der Waals surface area contributed by atoms with Gasteiger partial charge in [-0.25, -0.2) is 4.99 Å². The normalized spacial score (nSPS) is 17.6. The standard InChI is InChI=1S/C8H11BrN2/c1-5(2)8-10-6(3)4-7(9)11-8/h4-5H,3H2,1-2H3,(H,10,11). The summed E-state index contributed by atoms with van der Waals surface area (Å²) in [6, 6.07) is 0. The highest BCUT2D eigenvalue weighted by Gasteiger charge is 2.09. The molecular formula is C8H11BrN2. The summed E-state index contributed by atoms with van der Waals surface area (Å²) in [5.74, 6) is 1.37. The van der Waals surface area contributed by atoms with Crippen molar-refractivity contribution in [3.05, 3.63) is 23.0 Å². The highest BCUT2D eigenvalue weighted by atomic mass is 79.9. The van der Waals surface area contributed by atoms with E-state index in [1.165, 1.54) is 0 Å². The number of rotatable bonds is 1. The van der Waals surface area contributed by atoms with Crippen LogP contribution in [-0.4, -0.2) is 5.84 Å². The third kappa shape index (κ3) is 2.19. The van der Waals surface area contributed by atoms with Crippen LogP contribution in [0, 0.1) is 5.92 Å². The molecule has 0 saturated heterocycles. The van der Waals surface area contributed by atoms with Gasteiger partial charge in [0.15, 0.2) is 0 Å². The average molecular weight is 215 g/mol. The Kier molecular flexibility index (Phi) is 2.49. The molecule has 0 atom stereocenters. The number of hydrogen-bond donors (Lipinski definition) is 1. The summed E-state index contributed by atoms with van der Waals surface area (Å²) in [4.78, 5) is 4.25. The Hall–Kier alpha value is -0.570. The van der Waals surface area contributed by atoms with E-state index in [1.54, 1.807) is 0 Å². The molecule has 1 heterocycles. The van der Waals surface area contributed by atoms with E-state index < -0.39 is 0 Å². The lowest BCUT2D eigenvalue weighted by Gasteiger charge is -2.16. The summed E-state index contributed by atoms with van der Waals surface area (Å²) in [6.07, 6.45) is 1.85. The van der Waals surface area contributed by atoms with E-state index in [1.807, 2.05) is 6.08 Å². The molecule has 0 aromatic carbocycles. The minimum absolute atomic E-state index is 0.410. The number of allylic oxidation sites excluding steroid dienone is 1. The summed E-state index contributed by atoms with van der Waals surface area (Å²) >= 11 is 3.31.